The lowest BCUT2D eigenvalue weighted by Crippen LogP contribution is -1.99. The third-order valence-electron chi connectivity index (χ3n) is 2.14. The summed E-state index contributed by atoms with van der Waals surface area (Å²) in [4.78, 5) is 10.0. The number of nitro groups is 1. The second kappa shape index (κ2) is 4.01. The van der Waals surface area contributed by atoms with Gasteiger partial charge in [0.1, 0.15) is 0 Å². The van der Waals surface area contributed by atoms with Crippen LogP contribution in [0.3, 0.4) is 0 Å². The highest BCUT2D eigenvalue weighted by Crippen LogP contribution is 2.18. The molecule has 0 atom stereocenters. The number of nitrogens with zero attached hydrogens (tertiary/aromatic N) is 4. The molecule has 6 nitrogen and oxygen atoms in total. The summed E-state index contributed by atoms with van der Waals surface area (Å²) in [6.45, 7) is 1.85. The first kappa shape index (κ1) is 10.7. The van der Waals surface area contributed by atoms with E-state index in [4.69, 9.17) is 0 Å². The molecular formula is C9H7BrN4O2. The third kappa shape index (κ3) is 1.81. The quantitative estimate of drug-likeness (QED) is 0.625. The van der Waals surface area contributed by atoms with Gasteiger partial charge in [0, 0.05) is 12.1 Å². The lowest BCUT2D eigenvalue weighted by molar-refractivity contribution is -0.384. The maximum atomic E-state index is 10.5. The van der Waals surface area contributed by atoms with Crippen LogP contribution in [0.15, 0.2) is 28.9 Å². The van der Waals surface area contributed by atoms with E-state index in [1.165, 1.54) is 12.1 Å². The summed E-state index contributed by atoms with van der Waals surface area (Å²) in [5.41, 5.74) is 1.63. The van der Waals surface area contributed by atoms with E-state index in [0.717, 1.165) is 11.4 Å². The van der Waals surface area contributed by atoms with E-state index in [1.54, 1.807) is 16.8 Å². The first-order chi connectivity index (χ1) is 7.59. The summed E-state index contributed by atoms with van der Waals surface area (Å²) in [6, 6.07) is 6.13. The van der Waals surface area contributed by atoms with Gasteiger partial charge in [-0.25, -0.2) is 4.68 Å². The zero-order valence-electron chi connectivity index (χ0n) is 8.29. The maximum Gasteiger partial charge on any atom is 0.269 e. The first-order valence-corrected chi connectivity index (χ1v) is 5.21. The number of hydrogen-bond acceptors (Lipinski definition) is 4. The number of non-ortho nitro benzene ring substituents is 1. The van der Waals surface area contributed by atoms with Crippen LogP contribution in [0.2, 0.25) is 0 Å². The topological polar surface area (TPSA) is 73.8 Å². The fourth-order valence-electron chi connectivity index (χ4n) is 1.27. The molecule has 0 spiro atoms. The molecule has 0 aliphatic heterocycles. The predicted octanol–water partition coefficient (Wildman–Crippen LogP) is 2.25. The molecule has 16 heavy (non-hydrogen) atoms. The Bertz CT molecular complexity index is 535. The van der Waals surface area contributed by atoms with Gasteiger partial charge in [-0.05, 0) is 35.0 Å². The molecule has 0 fully saturated rings. The molecule has 1 aromatic carbocycles. The van der Waals surface area contributed by atoms with Gasteiger partial charge in [-0.1, -0.05) is 5.21 Å². The van der Waals surface area contributed by atoms with Crippen LogP contribution < -0.4 is 0 Å². The Morgan fingerprint density at radius 3 is 2.44 bits per heavy atom. The van der Waals surface area contributed by atoms with Gasteiger partial charge in [-0.2, -0.15) is 0 Å². The van der Waals surface area contributed by atoms with Gasteiger partial charge in [0.15, 0.2) is 4.60 Å². The highest BCUT2D eigenvalue weighted by molar-refractivity contribution is 9.10. The van der Waals surface area contributed by atoms with Gasteiger partial charge >= 0.3 is 0 Å². The largest absolute Gasteiger partial charge is 0.269 e. The van der Waals surface area contributed by atoms with Gasteiger partial charge in [-0.15, -0.1) is 5.10 Å². The zero-order chi connectivity index (χ0) is 11.7. The Labute approximate surface area is 99.2 Å². The molecule has 2 aromatic rings. The average Bonchev–Trinajstić information content (AvgIpc) is 2.60. The van der Waals surface area contributed by atoms with Crippen LogP contribution in [-0.4, -0.2) is 19.9 Å². The minimum atomic E-state index is -0.437. The minimum absolute atomic E-state index is 0.0561. The molecule has 0 unspecified atom stereocenters. The Morgan fingerprint density at radius 1 is 1.38 bits per heavy atom. The van der Waals surface area contributed by atoms with Crippen molar-refractivity contribution in [2.75, 3.05) is 0 Å². The summed E-state index contributed by atoms with van der Waals surface area (Å²) in [6.07, 6.45) is 0. The van der Waals surface area contributed by atoms with Crippen molar-refractivity contribution >= 4 is 21.6 Å². The molecule has 0 amide bonds. The molecule has 0 radical (unpaired) electrons. The smallest absolute Gasteiger partial charge is 0.258 e. The lowest BCUT2D eigenvalue weighted by Gasteiger charge is -2.01. The molecule has 0 saturated heterocycles. The molecule has 82 valence electrons. The van der Waals surface area contributed by atoms with Crippen LogP contribution in [0.5, 0.6) is 0 Å². The van der Waals surface area contributed by atoms with Gasteiger partial charge in [0.05, 0.1) is 16.3 Å². The van der Waals surface area contributed by atoms with E-state index in [2.05, 4.69) is 26.2 Å². The molecule has 2 rings (SSSR count). The maximum absolute atomic E-state index is 10.5. The van der Waals surface area contributed by atoms with Crippen molar-refractivity contribution in [2.24, 2.45) is 0 Å². The molecule has 0 bridgehead atoms. The average molecular weight is 283 g/mol. The van der Waals surface area contributed by atoms with Crippen molar-refractivity contribution < 1.29 is 4.92 Å². The molecule has 7 heteroatoms. The van der Waals surface area contributed by atoms with Crippen molar-refractivity contribution in [3.8, 4) is 5.69 Å². The van der Waals surface area contributed by atoms with Crippen molar-refractivity contribution in [1.29, 1.82) is 0 Å². The fourth-order valence-corrected chi connectivity index (χ4v) is 1.51. The van der Waals surface area contributed by atoms with Gasteiger partial charge in [-0.3, -0.25) is 10.1 Å². The highest BCUT2D eigenvalue weighted by atomic mass is 79.9. The van der Waals surface area contributed by atoms with E-state index >= 15 is 0 Å². The second-order valence-electron chi connectivity index (χ2n) is 3.15. The molecule has 1 heterocycles. The molecule has 1 aromatic heterocycles. The number of benzene rings is 1. The van der Waals surface area contributed by atoms with Crippen molar-refractivity contribution in [3.05, 3.63) is 44.7 Å². The standard InChI is InChI=1S/C9H7BrN4O2/c1-6-9(10)11-12-13(6)7-2-4-8(5-3-7)14(15)16/h2-5H,1H3. The predicted molar refractivity (Wildman–Crippen MR) is 60.5 cm³/mol. The number of hydrogen-bond donors (Lipinski definition) is 0. The van der Waals surface area contributed by atoms with E-state index in [0.29, 0.717) is 4.60 Å². The van der Waals surface area contributed by atoms with Crippen LogP contribution in [0.25, 0.3) is 5.69 Å². The Balaban J connectivity index is 2.42. The Hall–Kier alpha value is -1.76. The van der Waals surface area contributed by atoms with Crippen LogP contribution >= 0.6 is 15.9 Å². The summed E-state index contributed by atoms with van der Waals surface area (Å²) < 4.78 is 2.26. The minimum Gasteiger partial charge on any atom is -0.258 e. The molecule has 0 aliphatic carbocycles. The van der Waals surface area contributed by atoms with Gasteiger partial charge in [0.2, 0.25) is 0 Å². The first-order valence-electron chi connectivity index (χ1n) is 4.42. The van der Waals surface area contributed by atoms with E-state index in [-0.39, 0.29) is 5.69 Å². The monoisotopic (exact) mass is 282 g/mol. The van der Waals surface area contributed by atoms with E-state index in [1.807, 2.05) is 6.92 Å². The fraction of sp³-hybridized carbons (Fsp3) is 0.111. The van der Waals surface area contributed by atoms with Crippen LogP contribution in [-0.2, 0) is 0 Å². The summed E-state index contributed by atoms with van der Waals surface area (Å²) >= 11 is 3.25. The van der Waals surface area contributed by atoms with Crippen molar-refractivity contribution in [1.82, 2.24) is 15.0 Å². The summed E-state index contributed by atoms with van der Waals surface area (Å²) in [5.74, 6) is 0. The number of halogens is 1. The zero-order valence-corrected chi connectivity index (χ0v) is 9.88. The number of aromatic nitrogens is 3. The molecular weight excluding hydrogens is 276 g/mol. The summed E-state index contributed by atoms with van der Waals surface area (Å²) in [7, 11) is 0. The third-order valence-corrected chi connectivity index (χ3v) is 2.88. The van der Waals surface area contributed by atoms with Gasteiger partial charge in [0.25, 0.3) is 5.69 Å². The van der Waals surface area contributed by atoms with Crippen LogP contribution in [0.4, 0.5) is 5.69 Å². The Kier molecular flexibility index (Phi) is 2.69. The summed E-state index contributed by atoms with van der Waals surface area (Å²) in [5, 5.41) is 18.2. The Morgan fingerprint density at radius 2 is 2.00 bits per heavy atom. The van der Waals surface area contributed by atoms with Gasteiger partial charge < -0.3 is 0 Å². The molecule has 0 saturated carbocycles. The highest BCUT2D eigenvalue weighted by Gasteiger charge is 2.09. The van der Waals surface area contributed by atoms with E-state index in [9.17, 15) is 10.1 Å². The molecule has 0 aliphatic rings. The number of nitro benzene ring substituents is 1. The SMILES string of the molecule is Cc1c(Br)nnn1-c1ccc([N+](=O)[O-])cc1. The van der Waals surface area contributed by atoms with Crippen molar-refractivity contribution in [3.63, 3.8) is 0 Å². The number of rotatable bonds is 2. The normalized spacial score (nSPS) is 10.4. The van der Waals surface area contributed by atoms with Crippen LogP contribution in [0.1, 0.15) is 5.69 Å². The molecule has 0 N–H and O–H groups in total. The van der Waals surface area contributed by atoms with E-state index < -0.39 is 4.92 Å². The van der Waals surface area contributed by atoms with Crippen molar-refractivity contribution in [2.45, 2.75) is 6.92 Å². The lowest BCUT2D eigenvalue weighted by atomic mass is 10.3. The second-order valence-corrected chi connectivity index (χ2v) is 3.90. The van der Waals surface area contributed by atoms with Crippen LogP contribution in [0, 0.1) is 17.0 Å².